The highest BCUT2D eigenvalue weighted by molar-refractivity contribution is 7.14. The quantitative estimate of drug-likeness (QED) is 0.492. The van der Waals surface area contributed by atoms with Crippen molar-refractivity contribution < 1.29 is 14.6 Å². The molecule has 3 N–H and O–H groups in total. The van der Waals surface area contributed by atoms with Gasteiger partial charge in [0.2, 0.25) is 0 Å². The van der Waals surface area contributed by atoms with E-state index in [1.807, 2.05) is 0 Å². The molecule has 0 bridgehead atoms. The van der Waals surface area contributed by atoms with Gasteiger partial charge in [0.05, 0.1) is 6.61 Å². The van der Waals surface area contributed by atoms with Crippen molar-refractivity contribution >= 4 is 28.1 Å². The Labute approximate surface area is 105 Å². The zero-order chi connectivity index (χ0) is 12.1. The third kappa shape index (κ3) is 3.35. The second-order valence-electron chi connectivity index (χ2n) is 2.90. The number of aliphatic hydroxyl groups excluding tert-OH is 1. The molecule has 17 heavy (non-hydrogen) atoms. The minimum atomic E-state index is -0.528. The van der Waals surface area contributed by atoms with Crippen LogP contribution < -0.4 is 5.73 Å². The number of anilines is 1. The Morgan fingerprint density at radius 3 is 2.88 bits per heavy atom. The molecule has 94 valence electrons. The van der Waals surface area contributed by atoms with Crippen LogP contribution >= 0.6 is 11.3 Å². The monoisotopic (exact) mass is 255 g/mol. The van der Waals surface area contributed by atoms with E-state index in [1.54, 1.807) is 12.3 Å². The highest BCUT2D eigenvalue weighted by atomic mass is 32.1. The average Bonchev–Trinajstić information content (AvgIpc) is 2.61. The summed E-state index contributed by atoms with van der Waals surface area (Å²) in [6.45, 7) is 5.43. The van der Waals surface area contributed by atoms with Crippen LogP contribution in [0.15, 0.2) is 24.1 Å². The summed E-state index contributed by atoms with van der Waals surface area (Å²) in [5.74, 6) is -0.578. The van der Waals surface area contributed by atoms with Crippen molar-refractivity contribution in [3.05, 3.63) is 35.2 Å². The van der Waals surface area contributed by atoms with Crippen LogP contribution in [-0.2, 0) is 4.74 Å². The van der Waals surface area contributed by atoms with Crippen molar-refractivity contribution in [2.75, 3.05) is 12.3 Å². The molecule has 0 aromatic carbocycles. The summed E-state index contributed by atoms with van der Waals surface area (Å²) < 4.78 is 4.86. The molecule has 0 aliphatic carbocycles. The molecular formula is C12H17NO3S. The van der Waals surface area contributed by atoms with Gasteiger partial charge in [-0.1, -0.05) is 20.1 Å². The van der Waals surface area contributed by atoms with E-state index in [0.29, 0.717) is 10.6 Å². The summed E-state index contributed by atoms with van der Waals surface area (Å²) in [6, 6.07) is 0. The molecule has 1 rings (SSSR count). The molecule has 0 saturated heterocycles. The fourth-order valence-electron chi connectivity index (χ4n) is 1.18. The standard InChI is InChI=1S/C11H13NO3S.CH4/c1-3-5-8(13)7-6-16-10(12)9(7)11(14)15-4-2;/h3,5-6,13H,1,4,12H2,2H3;1H4/b8-5-;. The topological polar surface area (TPSA) is 72.5 Å². The van der Waals surface area contributed by atoms with Gasteiger partial charge >= 0.3 is 5.97 Å². The van der Waals surface area contributed by atoms with Gasteiger partial charge in [-0.2, -0.15) is 0 Å². The maximum absolute atomic E-state index is 11.6. The van der Waals surface area contributed by atoms with E-state index in [2.05, 4.69) is 6.58 Å². The van der Waals surface area contributed by atoms with Crippen molar-refractivity contribution in [3.63, 3.8) is 0 Å². The first-order valence-electron chi connectivity index (χ1n) is 4.68. The van der Waals surface area contributed by atoms with Crippen LogP contribution in [0.3, 0.4) is 0 Å². The number of esters is 1. The van der Waals surface area contributed by atoms with Crippen molar-refractivity contribution in [1.82, 2.24) is 0 Å². The highest BCUT2D eigenvalue weighted by Gasteiger charge is 2.20. The van der Waals surface area contributed by atoms with Gasteiger partial charge in [-0.3, -0.25) is 0 Å². The molecule has 4 nitrogen and oxygen atoms in total. The van der Waals surface area contributed by atoms with Crippen LogP contribution in [-0.4, -0.2) is 17.7 Å². The van der Waals surface area contributed by atoms with Gasteiger partial charge in [0, 0.05) is 10.9 Å². The number of carbonyl (C=O) groups excluding carboxylic acids is 1. The third-order valence-electron chi connectivity index (χ3n) is 1.85. The zero-order valence-electron chi connectivity index (χ0n) is 8.90. The molecule has 1 aromatic rings. The number of rotatable bonds is 4. The molecule has 1 aromatic heterocycles. The number of hydrogen-bond acceptors (Lipinski definition) is 5. The first-order chi connectivity index (χ1) is 7.61. The first kappa shape index (κ1) is 15.2. The Balaban J connectivity index is 0.00000256. The van der Waals surface area contributed by atoms with Crippen molar-refractivity contribution in [3.8, 4) is 0 Å². The number of aliphatic hydroxyl groups is 1. The van der Waals surface area contributed by atoms with Crippen LogP contribution in [0.2, 0.25) is 0 Å². The number of thiophene rings is 1. The largest absolute Gasteiger partial charge is 0.507 e. The number of hydrogen-bond donors (Lipinski definition) is 2. The minimum Gasteiger partial charge on any atom is -0.507 e. The van der Waals surface area contributed by atoms with E-state index in [1.165, 1.54) is 23.5 Å². The summed E-state index contributed by atoms with van der Waals surface area (Å²) in [6.07, 6.45) is 2.82. The SMILES string of the molecule is C.C=C/C=C(\O)c1csc(N)c1C(=O)OCC. The number of carbonyl (C=O) groups is 1. The van der Waals surface area contributed by atoms with E-state index in [4.69, 9.17) is 10.5 Å². The van der Waals surface area contributed by atoms with Gasteiger partial charge in [-0.15, -0.1) is 11.3 Å². The van der Waals surface area contributed by atoms with E-state index in [9.17, 15) is 9.90 Å². The molecule has 0 saturated carbocycles. The van der Waals surface area contributed by atoms with Crippen LogP contribution in [0.1, 0.15) is 30.3 Å². The lowest BCUT2D eigenvalue weighted by Gasteiger charge is -2.04. The lowest BCUT2D eigenvalue weighted by molar-refractivity contribution is 0.0527. The lowest BCUT2D eigenvalue weighted by atomic mass is 10.1. The van der Waals surface area contributed by atoms with Crippen LogP contribution in [0, 0.1) is 0 Å². The Bertz CT molecular complexity index is 435. The maximum Gasteiger partial charge on any atom is 0.341 e. The average molecular weight is 255 g/mol. The van der Waals surface area contributed by atoms with Crippen molar-refractivity contribution in [2.24, 2.45) is 0 Å². The van der Waals surface area contributed by atoms with E-state index < -0.39 is 5.97 Å². The molecule has 0 fully saturated rings. The predicted octanol–water partition coefficient (Wildman–Crippen LogP) is 3.23. The Kier molecular flexibility index (Phi) is 6.06. The molecule has 0 aliphatic heterocycles. The summed E-state index contributed by atoms with van der Waals surface area (Å²) in [4.78, 5) is 11.6. The van der Waals surface area contributed by atoms with E-state index >= 15 is 0 Å². The maximum atomic E-state index is 11.6. The molecular weight excluding hydrogens is 238 g/mol. The molecule has 0 radical (unpaired) electrons. The van der Waals surface area contributed by atoms with Gasteiger partial charge in [0.1, 0.15) is 16.3 Å². The Hall–Kier alpha value is -1.75. The second kappa shape index (κ2) is 6.75. The molecule has 0 aliphatic rings. The van der Waals surface area contributed by atoms with Gasteiger partial charge in [0.25, 0.3) is 0 Å². The smallest absolute Gasteiger partial charge is 0.341 e. The fourth-order valence-corrected chi connectivity index (χ4v) is 1.97. The fraction of sp³-hybridized carbons (Fsp3) is 0.250. The van der Waals surface area contributed by atoms with Gasteiger partial charge in [0.15, 0.2) is 0 Å². The molecule has 1 heterocycles. The second-order valence-corrected chi connectivity index (χ2v) is 3.81. The number of ether oxygens (including phenoxy) is 1. The van der Waals surface area contributed by atoms with Crippen LogP contribution in [0.4, 0.5) is 5.00 Å². The van der Waals surface area contributed by atoms with Gasteiger partial charge in [-0.25, -0.2) is 4.79 Å². The first-order valence-corrected chi connectivity index (χ1v) is 5.55. The van der Waals surface area contributed by atoms with Gasteiger partial charge in [-0.05, 0) is 13.0 Å². The summed E-state index contributed by atoms with van der Waals surface area (Å²) in [5, 5.41) is 11.6. The molecule has 5 heteroatoms. The number of allylic oxidation sites excluding steroid dienone is 2. The minimum absolute atomic E-state index is 0. The van der Waals surface area contributed by atoms with E-state index in [0.717, 1.165) is 0 Å². The van der Waals surface area contributed by atoms with Crippen LogP contribution in [0.25, 0.3) is 5.76 Å². The molecule has 0 amide bonds. The number of nitrogens with two attached hydrogens (primary N) is 1. The summed E-state index contributed by atoms with van der Waals surface area (Å²) >= 11 is 1.18. The molecule has 0 atom stereocenters. The van der Waals surface area contributed by atoms with Crippen molar-refractivity contribution in [2.45, 2.75) is 14.4 Å². The predicted molar refractivity (Wildman–Crippen MR) is 72.2 cm³/mol. The number of nitrogen functional groups attached to an aromatic ring is 1. The van der Waals surface area contributed by atoms with Crippen molar-refractivity contribution in [1.29, 1.82) is 0 Å². The van der Waals surface area contributed by atoms with E-state index in [-0.39, 0.29) is 25.4 Å². The Morgan fingerprint density at radius 2 is 2.35 bits per heavy atom. The summed E-state index contributed by atoms with van der Waals surface area (Å²) in [5.41, 5.74) is 6.25. The normalized spacial score (nSPS) is 10.5. The molecule has 0 spiro atoms. The summed E-state index contributed by atoms with van der Waals surface area (Å²) in [7, 11) is 0. The zero-order valence-corrected chi connectivity index (χ0v) is 9.71. The Morgan fingerprint density at radius 1 is 1.71 bits per heavy atom. The lowest BCUT2D eigenvalue weighted by Crippen LogP contribution is -2.08. The van der Waals surface area contributed by atoms with Crippen LogP contribution in [0.5, 0.6) is 0 Å². The van der Waals surface area contributed by atoms with Gasteiger partial charge < -0.3 is 15.6 Å². The highest BCUT2D eigenvalue weighted by Crippen LogP contribution is 2.30. The molecule has 0 unspecified atom stereocenters. The third-order valence-corrected chi connectivity index (χ3v) is 2.66.